The molecular formula is C16H20ClNO2. The highest BCUT2D eigenvalue weighted by Gasteiger charge is 2.30. The number of halogens is 1. The van der Waals surface area contributed by atoms with Gasteiger partial charge in [0.05, 0.1) is 0 Å². The van der Waals surface area contributed by atoms with E-state index in [4.69, 9.17) is 16.7 Å². The maximum Gasteiger partial charge on any atom is 0.328 e. The highest BCUT2D eigenvalue weighted by Crippen LogP contribution is 2.37. The van der Waals surface area contributed by atoms with Crippen LogP contribution in [0.3, 0.4) is 0 Å². The zero-order chi connectivity index (χ0) is 14.7. The Kier molecular flexibility index (Phi) is 4.71. The second-order valence-electron chi connectivity index (χ2n) is 5.62. The molecule has 0 radical (unpaired) electrons. The molecule has 4 heteroatoms. The zero-order valence-electron chi connectivity index (χ0n) is 11.8. The van der Waals surface area contributed by atoms with Crippen LogP contribution in [0, 0.1) is 5.92 Å². The average Bonchev–Trinajstić information content (AvgIpc) is 3.18. The second-order valence-corrected chi connectivity index (χ2v) is 6.03. The monoisotopic (exact) mass is 293 g/mol. The first-order valence-electron chi connectivity index (χ1n) is 6.95. The molecule has 0 aliphatic heterocycles. The normalized spacial score (nSPS) is 15.0. The first-order chi connectivity index (χ1) is 9.49. The van der Waals surface area contributed by atoms with Crippen molar-refractivity contribution >= 4 is 29.3 Å². The van der Waals surface area contributed by atoms with Gasteiger partial charge in [0.2, 0.25) is 0 Å². The highest BCUT2D eigenvalue weighted by atomic mass is 35.5. The van der Waals surface area contributed by atoms with Crippen molar-refractivity contribution in [3.63, 3.8) is 0 Å². The van der Waals surface area contributed by atoms with Gasteiger partial charge >= 0.3 is 5.97 Å². The Morgan fingerprint density at radius 3 is 2.75 bits per heavy atom. The van der Waals surface area contributed by atoms with Crippen molar-refractivity contribution in [3.8, 4) is 0 Å². The van der Waals surface area contributed by atoms with Crippen molar-refractivity contribution in [1.29, 1.82) is 0 Å². The summed E-state index contributed by atoms with van der Waals surface area (Å²) in [6, 6.07) is 6.31. The summed E-state index contributed by atoms with van der Waals surface area (Å²) in [5, 5.41) is 9.41. The minimum absolute atomic E-state index is 0.547. The smallest absolute Gasteiger partial charge is 0.328 e. The highest BCUT2D eigenvalue weighted by molar-refractivity contribution is 6.32. The number of nitrogens with zero attached hydrogens (tertiary/aromatic N) is 1. The number of carbonyl (C=O) groups is 1. The second kappa shape index (κ2) is 6.31. The summed E-state index contributed by atoms with van der Waals surface area (Å²) in [5.74, 6) is -0.413. The molecule has 3 nitrogen and oxygen atoms in total. The molecule has 20 heavy (non-hydrogen) atoms. The third-order valence-corrected chi connectivity index (χ3v) is 3.61. The molecule has 0 aromatic heterocycles. The molecule has 1 aliphatic carbocycles. The standard InChI is InChI=1S/C16H20ClNO2/c1-11(2)10-18(12-6-7-12)15-5-3-4-14(17)13(15)8-9-16(19)20/h3-5,8-9,11-12H,6-7,10H2,1-2H3,(H,19,20). The van der Waals surface area contributed by atoms with E-state index in [9.17, 15) is 4.79 Å². The summed E-state index contributed by atoms with van der Waals surface area (Å²) in [4.78, 5) is 13.1. The Labute approximate surface area is 124 Å². The molecule has 0 saturated heterocycles. The van der Waals surface area contributed by atoms with Crippen LogP contribution in [0.4, 0.5) is 5.69 Å². The average molecular weight is 294 g/mol. The fourth-order valence-corrected chi connectivity index (χ4v) is 2.55. The lowest BCUT2D eigenvalue weighted by Crippen LogP contribution is -2.30. The van der Waals surface area contributed by atoms with Crippen LogP contribution in [0.15, 0.2) is 24.3 Å². The number of rotatable bonds is 6. The fraction of sp³-hybridized carbons (Fsp3) is 0.438. The van der Waals surface area contributed by atoms with Gasteiger partial charge < -0.3 is 10.0 Å². The molecule has 1 N–H and O–H groups in total. The molecule has 0 unspecified atom stereocenters. The van der Waals surface area contributed by atoms with E-state index in [0.717, 1.165) is 23.9 Å². The number of carboxylic acid groups (broad SMARTS) is 1. The first kappa shape index (κ1) is 14.9. The number of carboxylic acids is 1. The molecule has 1 aromatic rings. The quantitative estimate of drug-likeness (QED) is 0.804. The van der Waals surface area contributed by atoms with E-state index in [1.165, 1.54) is 12.8 Å². The van der Waals surface area contributed by atoms with Crippen molar-refractivity contribution in [2.75, 3.05) is 11.4 Å². The van der Waals surface area contributed by atoms with Crippen LogP contribution in [0.5, 0.6) is 0 Å². The van der Waals surface area contributed by atoms with Crippen LogP contribution in [-0.2, 0) is 4.79 Å². The lowest BCUT2D eigenvalue weighted by Gasteiger charge is -2.28. The van der Waals surface area contributed by atoms with Gasteiger partial charge in [0.15, 0.2) is 0 Å². The lowest BCUT2D eigenvalue weighted by molar-refractivity contribution is -0.131. The molecule has 0 heterocycles. The molecule has 1 saturated carbocycles. The number of hydrogen-bond donors (Lipinski definition) is 1. The Balaban J connectivity index is 2.37. The van der Waals surface area contributed by atoms with E-state index in [2.05, 4.69) is 18.7 Å². The van der Waals surface area contributed by atoms with Gasteiger partial charge in [-0.25, -0.2) is 4.79 Å². The fourth-order valence-electron chi connectivity index (χ4n) is 2.32. The predicted molar refractivity (Wildman–Crippen MR) is 83.3 cm³/mol. The van der Waals surface area contributed by atoms with Crippen molar-refractivity contribution in [2.24, 2.45) is 5.92 Å². The lowest BCUT2D eigenvalue weighted by atomic mass is 10.1. The summed E-state index contributed by atoms with van der Waals surface area (Å²) >= 11 is 6.25. The summed E-state index contributed by atoms with van der Waals surface area (Å²) in [5.41, 5.74) is 1.83. The molecule has 0 bridgehead atoms. The van der Waals surface area contributed by atoms with Gasteiger partial charge in [-0.3, -0.25) is 0 Å². The molecule has 1 aliphatic rings. The van der Waals surface area contributed by atoms with E-state index in [1.54, 1.807) is 12.1 Å². The van der Waals surface area contributed by atoms with Gasteiger partial charge in [-0.1, -0.05) is 31.5 Å². The Bertz CT molecular complexity index is 521. The van der Waals surface area contributed by atoms with Gasteiger partial charge in [0, 0.05) is 34.9 Å². The number of aliphatic carboxylic acids is 1. The molecular weight excluding hydrogens is 274 g/mol. The van der Waals surface area contributed by atoms with E-state index < -0.39 is 5.97 Å². The van der Waals surface area contributed by atoms with Crippen LogP contribution in [0.25, 0.3) is 6.08 Å². The molecule has 0 atom stereocenters. The topological polar surface area (TPSA) is 40.5 Å². The minimum Gasteiger partial charge on any atom is -0.478 e. The van der Waals surface area contributed by atoms with Gasteiger partial charge in [-0.15, -0.1) is 0 Å². The van der Waals surface area contributed by atoms with Gasteiger partial charge in [0.1, 0.15) is 0 Å². The van der Waals surface area contributed by atoms with Crippen LogP contribution >= 0.6 is 11.6 Å². The van der Waals surface area contributed by atoms with Crippen LogP contribution in [0.2, 0.25) is 5.02 Å². The van der Waals surface area contributed by atoms with Gasteiger partial charge in [-0.05, 0) is 37.0 Å². The van der Waals surface area contributed by atoms with E-state index in [-0.39, 0.29) is 0 Å². The van der Waals surface area contributed by atoms with Crippen molar-refractivity contribution in [2.45, 2.75) is 32.7 Å². The largest absolute Gasteiger partial charge is 0.478 e. The molecule has 1 fully saturated rings. The number of benzene rings is 1. The van der Waals surface area contributed by atoms with Gasteiger partial charge in [-0.2, -0.15) is 0 Å². The summed E-state index contributed by atoms with van der Waals surface area (Å²) < 4.78 is 0. The number of hydrogen-bond acceptors (Lipinski definition) is 2. The van der Waals surface area contributed by atoms with Crippen LogP contribution in [-0.4, -0.2) is 23.7 Å². The summed E-state index contributed by atoms with van der Waals surface area (Å²) in [6.07, 6.45) is 5.13. The minimum atomic E-state index is -0.960. The van der Waals surface area contributed by atoms with Crippen molar-refractivity contribution in [3.05, 3.63) is 34.9 Å². The molecule has 0 amide bonds. The Hall–Kier alpha value is -1.48. The third-order valence-electron chi connectivity index (χ3n) is 3.28. The summed E-state index contributed by atoms with van der Waals surface area (Å²) in [6.45, 7) is 5.33. The van der Waals surface area contributed by atoms with E-state index in [0.29, 0.717) is 17.0 Å². The van der Waals surface area contributed by atoms with E-state index in [1.807, 2.05) is 12.1 Å². The number of anilines is 1. The molecule has 108 valence electrons. The summed E-state index contributed by atoms with van der Waals surface area (Å²) in [7, 11) is 0. The van der Waals surface area contributed by atoms with Gasteiger partial charge in [0.25, 0.3) is 0 Å². The third kappa shape index (κ3) is 3.76. The molecule has 2 rings (SSSR count). The van der Waals surface area contributed by atoms with Crippen LogP contribution in [0.1, 0.15) is 32.3 Å². The maximum atomic E-state index is 10.7. The SMILES string of the molecule is CC(C)CN(c1cccc(Cl)c1C=CC(=O)O)C1CC1. The first-order valence-corrected chi connectivity index (χ1v) is 7.33. The van der Waals surface area contributed by atoms with Crippen molar-refractivity contribution in [1.82, 2.24) is 0 Å². The Morgan fingerprint density at radius 2 is 2.20 bits per heavy atom. The van der Waals surface area contributed by atoms with Crippen LogP contribution < -0.4 is 4.90 Å². The van der Waals surface area contributed by atoms with Crippen molar-refractivity contribution < 1.29 is 9.90 Å². The molecule has 1 aromatic carbocycles. The molecule has 0 spiro atoms. The van der Waals surface area contributed by atoms with E-state index >= 15 is 0 Å². The zero-order valence-corrected chi connectivity index (χ0v) is 12.6. The maximum absolute atomic E-state index is 10.7. The Morgan fingerprint density at radius 1 is 1.50 bits per heavy atom. The predicted octanol–water partition coefficient (Wildman–Crippen LogP) is 4.06.